The van der Waals surface area contributed by atoms with Gasteiger partial charge in [0.15, 0.2) is 0 Å². The lowest BCUT2D eigenvalue weighted by Crippen LogP contribution is -2.27. The molecule has 0 amide bonds. The van der Waals surface area contributed by atoms with E-state index in [2.05, 4.69) is 17.2 Å². The Hall–Kier alpha value is -0.530. The molecule has 62 valence electrons. The van der Waals surface area contributed by atoms with E-state index in [9.17, 15) is 0 Å². The molecule has 2 heteroatoms. The second-order valence-corrected chi connectivity index (χ2v) is 4.10. The van der Waals surface area contributed by atoms with Crippen LogP contribution < -0.4 is 5.32 Å². The van der Waals surface area contributed by atoms with Crippen LogP contribution in [0.2, 0.25) is 0 Å². The zero-order valence-electron chi connectivity index (χ0n) is 7.19. The summed E-state index contributed by atoms with van der Waals surface area (Å²) < 4.78 is 0. The van der Waals surface area contributed by atoms with Gasteiger partial charge in [-0.2, -0.15) is 0 Å². The minimum atomic E-state index is 0.616. The average Bonchev–Trinajstić information content (AvgIpc) is 2.53. The number of hydrogen-bond donors (Lipinski definition) is 1. The summed E-state index contributed by atoms with van der Waals surface area (Å²) in [5.41, 5.74) is 0.616. The van der Waals surface area contributed by atoms with Crippen LogP contribution in [0, 0.1) is 5.41 Å². The van der Waals surface area contributed by atoms with Crippen molar-refractivity contribution in [1.82, 2.24) is 5.32 Å². The highest BCUT2D eigenvalue weighted by molar-refractivity contribution is 5.83. The standard InChI is InChI=1S/C9H16N2/c1-9(4-5-9)7-11-8-3-2-6-10-8/h2-7H2,1H3,(H,10,11). The molecule has 0 bridgehead atoms. The fourth-order valence-corrected chi connectivity index (χ4v) is 1.39. The van der Waals surface area contributed by atoms with Crippen molar-refractivity contribution in [1.29, 1.82) is 0 Å². The molecule has 0 aromatic carbocycles. The summed E-state index contributed by atoms with van der Waals surface area (Å²) in [6.45, 7) is 4.53. The number of amidine groups is 1. The van der Waals surface area contributed by atoms with Crippen LogP contribution in [-0.2, 0) is 0 Å². The smallest absolute Gasteiger partial charge is 0.0963 e. The largest absolute Gasteiger partial charge is 0.373 e. The van der Waals surface area contributed by atoms with Crippen molar-refractivity contribution in [3.8, 4) is 0 Å². The van der Waals surface area contributed by atoms with Crippen LogP contribution in [0.1, 0.15) is 32.6 Å². The van der Waals surface area contributed by atoms with Gasteiger partial charge in [-0.25, -0.2) is 0 Å². The molecule has 1 saturated carbocycles. The monoisotopic (exact) mass is 152 g/mol. The molecular formula is C9H16N2. The van der Waals surface area contributed by atoms with Gasteiger partial charge in [-0.1, -0.05) is 6.92 Å². The maximum absolute atomic E-state index is 4.37. The summed E-state index contributed by atoms with van der Waals surface area (Å²) >= 11 is 0. The molecule has 1 fully saturated rings. The highest BCUT2D eigenvalue weighted by Gasteiger charge is 2.36. The van der Waals surface area contributed by atoms with Crippen LogP contribution >= 0.6 is 0 Å². The van der Waals surface area contributed by atoms with Crippen LogP contribution in [0.25, 0.3) is 0 Å². The molecule has 0 radical (unpaired) electrons. The first kappa shape index (κ1) is 7.14. The van der Waals surface area contributed by atoms with Gasteiger partial charge in [-0.15, -0.1) is 0 Å². The topological polar surface area (TPSA) is 24.4 Å². The Morgan fingerprint density at radius 3 is 2.91 bits per heavy atom. The van der Waals surface area contributed by atoms with E-state index >= 15 is 0 Å². The van der Waals surface area contributed by atoms with Gasteiger partial charge in [-0.05, 0) is 24.7 Å². The first-order valence-electron chi connectivity index (χ1n) is 4.56. The van der Waals surface area contributed by atoms with Gasteiger partial charge < -0.3 is 5.32 Å². The van der Waals surface area contributed by atoms with E-state index in [0.29, 0.717) is 5.41 Å². The summed E-state index contributed by atoms with van der Waals surface area (Å²) in [7, 11) is 0. The molecule has 0 spiro atoms. The van der Waals surface area contributed by atoms with E-state index in [-0.39, 0.29) is 0 Å². The summed E-state index contributed by atoms with van der Waals surface area (Å²) in [5, 5.41) is 3.43. The van der Waals surface area contributed by atoms with Gasteiger partial charge in [0.2, 0.25) is 0 Å². The third kappa shape index (κ3) is 1.73. The second-order valence-electron chi connectivity index (χ2n) is 4.10. The van der Waals surface area contributed by atoms with E-state index in [0.717, 1.165) is 13.1 Å². The van der Waals surface area contributed by atoms with E-state index in [4.69, 9.17) is 0 Å². The predicted octanol–water partition coefficient (Wildman–Crippen LogP) is 1.57. The van der Waals surface area contributed by atoms with Crippen molar-refractivity contribution in [2.24, 2.45) is 10.4 Å². The Kier molecular flexibility index (Phi) is 1.63. The van der Waals surface area contributed by atoms with E-state index < -0.39 is 0 Å². The quantitative estimate of drug-likeness (QED) is 0.638. The minimum Gasteiger partial charge on any atom is -0.373 e. The highest BCUT2D eigenvalue weighted by atomic mass is 15.0. The van der Waals surface area contributed by atoms with Crippen molar-refractivity contribution in [2.45, 2.75) is 32.6 Å². The molecule has 1 aliphatic heterocycles. The predicted molar refractivity (Wildman–Crippen MR) is 46.9 cm³/mol. The molecule has 1 heterocycles. The number of aliphatic imine (C=N–C) groups is 1. The molecule has 2 rings (SSSR count). The van der Waals surface area contributed by atoms with E-state index in [1.54, 1.807) is 0 Å². The molecular weight excluding hydrogens is 136 g/mol. The first-order valence-corrected chi connectivity index (χ1v) is 4.56. The van der Waals surface area contributed by atoms with Crippen molar-refractivity contribution >= 4 is 5.84 Å². The Bertz CT molecular complexity index is 180. The Morgan fingerprint density at radius 1 is 1.55 bits per heavy atom. The molecule has 0 unspecified atom stereocenters. The number of rotatable bonds is 2. The maximum atomic E-state index is 4.37. The Labute approximate surface area is 68.1 Å². The lowest BCUT2D eigenvalue weighted by atomic mass is 10.1. The molecule has 0 saturated heterocycles. The average molecular weight is 152 g/mol. The lowest BCUT2D eigenvalue weighted by Gasteiger charge is -2.10. The van der Waals surface area contributed by atoms with E-state index in [1.165, 1.54) is 31.5 Å². The molecule has 0 aromatic rings. The van der Waals surface area contributed by atoms with E-state index in [1.807, 2.05) is 0 Å². The molecule has 2 nitrogen and oxygen atoms in total. The Balaban J connectivity index is 1.73. The van der Waals surface area contributed by atoms with Crippen LogP contribution in [0.5, 0.6) is 0 Å². The van der Waals surface area contributed by atoms with Crippen molar-refractivity contribution in [2.75, 3.05) is 13.1 Å². The molecule has 2 aliphatic rings. The maximum Gasteiger partial charge on any atom is 0.0963 e. The zero-order valence-corrected chi connectivity index (χ0v) is 7.19. The zero-order chi connectivity index (χ0) is 7.73. The first-order chi connectivity index (χ1) is 5.29. The third-order valence-electron chi connectivity index (χ3n) is 2.70. The summed E-state index contributed by atoms with van der Waals surface area (Å²) in [5.74, 6) is 1.25. The SMILES string of the molecule is CC1(CNC2=NCCC2)CC1. The van der Waals surface area contributed by atoms with Gasteiger partial charge in [0.1, 0.15) is 0 Å². The van der Waals surface area contributed by atoms with Crippen LogP contribution in [0.15, 0.2) is 4.99 Å². The van der Waals surface area contributed by atoms with Crippen LogP contribution in [-0.4, -0.2) is 18.9 Å². The third-order valence-corrected chi connectivity index (χ3v) is 2.70. The molecule has 1 aliphatic carbocycles. The van der Waals surface area contributed by atoms with Crippen LogP contribution in [0.4, 0.5) is 0 Å². The molecule has 1 N–H and O–H groups in total. The van der Waals surface area contributed by atoms with Crippen LogP contribution in [0.3, 0.4) is 0 Å². The normalized spacial score (nSPS) is 26.5. The van der Waals surface area contributed by atoms with Crippen molar-refractivity contribution in [3.63, 3.8) is 0 Å². The van der Waals surface area contributed by atoms with Gasteiger partial charge in [-0.3, -0.25) is 4.99 Å². The molecule has 0 aromatic heterocycles. The summed E-state index contributed by atoms with van der Waals surface area (Å²) in [6, 6.07) is 0. The van der Waals surface area contributed by atoms with Gasteiger partial charge >= 0.3 is 0 Å². The highest BCUT2D eigenvalue weighted by Crippen LogP contribution is 2.44. The van der Waals surface area contributed by atoms with Crippen molar-refractivity contribution in [3.05, 3.63) is 0 Å². The number of nitrogens with one attached hydrogen (secondary N) is 1. The van der Waals surface area contributed by atoms with Crippen molar-refractivity contribution < 1.29 is 0 Å². The fourth-order valence-electron chi connectivity index (χ4n) is 1.39. The summed E-state index contributed by atoms with van der Waals surface area (Å²) in [4.78, 5) is 4.37. The minimum absolute atomic E-state index is 0.616. The van der Waals surface area contributed by atoms with Gasteiger partial charge in [0, 0.05) is 19.5 Å². The molecule has 0 atom stereocenters. The second kappa shape index (κ2) is 2.50. The van der Waals surface area contributed by atoms with Gasteiger partial charge in [0.05, 0.1) is 5.84 Å². The van der Waals surface area contributed by atoms with Gasteiger partial charge in [0.25, 0.3) is 0 Å². The number of hydrogen-bond acceptors (Lipinski definition) is 2. The number of nitrogens with zero attached hydrogens (tertiary/aromatic N) is 1. The fraction of sp³-hybridized carbons (Fsp3) is 0.889. The lowest BCUT2D eigenvalue weighted by molar-refractivity contribution is 0.554. The summed E-state index contributed by atoms with van der Waals surface area (Å²) in [6.07, 6.45) is 5.22. The Morgan fingerprint density at radius 2 is 2.36 bits per heavy atom. The molecule has 11 heavy (non-hydrogen) atoms.